The van der Waals surface area contributed by atoms with Crippen LogP contribution in [0.15, 0.2) is 42.5 Å². The summed E-state index contributed by atoms with van der Waals surface area (Å²) in [5, 5.41) is 15.5. The fourth-order valence-corrected chi connectivity index (χ4v) is 2.37. The Morgan fingerprint density at radius 3 is 2.38 bits per heavy atom. The molecule has 0 aromatic heterocycles. The Kier molecular flexibility index (Phi) is 7.23. The maximum Gasteiger partial charge on any atom is 0.256 e. The Morgan fingerprint density at radius 2 is 1.76 bits per heavy atom. The fourth-order valence-electron chi connectivity index (χ4n) is 2.37. The highest BCUT2D eigenvalue weighted by Gasteiger charge is 2.23. The highest BCUT2D eigenvalue weighted by atomic mass is 16.5. The van der Waals surface area contributed by atoms with Crippen LogP contribution in [0, 0.1) is 12.3 Å². The van der Waals surface area contributed by atoms with Gasteiger partial charge in [-0.3, -0.25) is 9.59 Å². The minimum atomic E-state index is -1.35. The second-order valence-electron chi connectivity index (χ2n) is 7.70. The SMILES string of the molecule is COc1cc(NC(=O)C(O)COc2ccccc2C)ccc1NC(=O)C(C)(C)C. The number of aryl methyl sites for hydroxylation is 1. The number of carbonyl (C=O) groups is 2. The molecule has 7 heteroatoms. The molecule has 0 fully saturated rings. The highest BCUT2D eigenvalue weighted by Crippen LogP contribution is 2.29. The minimum Gasteiger partial charge on any atom is -0.494 e. The molecular formula is C22H28N2O5. The zero-order chi connectivity index (χ0) is 21.6. The Morgan fingerprint density at radius 1 is 1.07 bits per heavy atom. The van der Waals surface area contributed by atoms with Crippen LogP contribution in [-0.2, 0) is 9.59 Å². The molecular weight excluding hydrogens is 372 g/mol. The van der Waals surface area contributed by atoms with E-state index in [4.69, 9.17) is 9.47 Å². The van der Waals surface area contributed by atoms with Crippen molar-refractivity contribution in [2.24, 2.45) is 5.41 Å². The largest absolute Gasteiger partial charge is 0.494 e. The lowest BCUT2D eigenvalue weighted by Gasteiger charge is -2.19. The zero-order valence-electron chi connectivity index (χ0n) is 17.4. The van der Waals surface area contributed by atoms with Gasteiger partial charge in [0.25, 0.3) is 5.91 Å². The van der Waals surface area contributed by atoms with E-state index in [1.54, 1.807) is 24.3 Å². The third kappa shape index (κ3) is 6.22. The molecule has 0 aliphatic heterocycles. The molecule has 0 saturated carbocycles. The molecule has 1 atom stereocenters. The summed E-state index contributed by atoms with van der Waals surface area (Å²) < 4.78 is 10.8. The first-order valence-electron chi connectivity index (χ1n) is 9.28. The number of hydrogen-bond donors (Lipinski definition) is 3. The average molecular weight is 400 g/mol. The van der Waals surface area contributed by atoms with E-state index in [1.165, 1.54) is 7.11 Å². The number of anilines is 2. The van der Waals surface area contributed by atoms with Crippen LogP contribution in [0.2, 0.25) is 0 Å². The summed E-state index contributed by atoms with van der Waals surface area (Å²) in [6, 6.07) is 12.2. The van der Waals surface area contributed by atoms with Crippen LogP contribution in [0.1, 0.15) is 26.3 Å². The predicted octanol–water partition coefficient (Wildman–Crippen LogP) is 3.37. The number of benzene rings is 2. The van der Waals surface area contributed by atoms with Crippen molar-refractivity contribution in [3.05, 3.63) is 48.0 Å². The molecule has 2 aromatic rings. The lowest BCUT2D eigenvalue weighted by molar-refractivity contribution is -0.125. The Hall–Kier alpha value is -3.06. The number of methoxy groups -OCH3 is 1. The van der Waals surface area contributed by atoms with Gasteiger partial charge in [-0.1, -0.05) is 39.0 Å². The van der Waals surface area contributed by atoms with Gasteiger partial charge in [-0.25, -0.2) is 0 Å². The zero-order valence-corrected chi connectivity index (χ0v) is 17.4. The van der Waals surface area contributed by atoms with Gasteiger partial charge in [-0.2, -0.15) is 0 Å². The lowest BCUT2D eigenvalue weighted by atomic mass is 9.95. The monoisotopic (exact) mass is 400 g/mol. The van der Waals surface area contributed by atoms with Crippen molar-refractivity contribution in [3.63, 3.8) is 0 Å². The molecule has 2 amide bonds. The van der Waals surface area contributed by atoms with E-state index in [0.717, 1.165) is 5.56 Å². The van der Waals surface area contributed by atoms with Crippen LogP contribution in [0.3, 0.4) is 0 Å². The summed E-state index contributed by atoms with van der Waals surface area (Å²) in [5.74, 6) is 0.245. The maximum absolute atomic E-state index is 12.3. The average Bonchev–Trinajstić information content (AvgIpc) is 2.67. The van der Waals surface area contributed by atoms with Gasteiger partial charge in [-0.05, 0) is 30.7 Å². The van der Waals surface area contributed by atoms with E-state index in [1.807, 2.05) is 45.9 Å². The molecule has 1 unspecified atom stereocenters. The maximum atomic E-state index is 12.3. The normalized spacial score (nSPS) is 12.1. The third-order valence-electron chi connectivity index (χ3n) is 4.19. The topological polar surface area (TPSA) is 96.9 Å². The summed E-state index contributed by atoms with van der Waals surface area (Å²) in [4.78, 5) is 24.4. The van der Waals surface area contributed by atoms with Crippen LogP contribution in [0.25, 0.3) is 0 Å². The number of aliphatic hydroxyl groups excluding tert-OH is 1. The van der Waals surface area contributed by atoms with Crippen molar-refractivity contribution >= 4 is 23.2 Å². The first kappa shape index (κ1) is 22.2. The number of carbonyl (C=O) groups excluding carboxylic acids is 2. The van der Waals surface area contributed by atoms with Gasteiger partial charge in [-0.15, -0.1) is 0 Å². The first-order valence-corrected chi connectivity index (χ1v) is 9.28. The number of amides is 2. The summed E-state index contributed by atoms with van der Waals surface area (Å²) in [5.41, 5.74) is 1.28. The van der Waals surface area contributed by atoms with Crippen LogP contribution in [0.4, 0.5) is 11.4 Å². The van der Waals surface area contributed by atoms with Crippen LogP contribution in [0.5, 0.6) is 11.5 Å². The van der Waals surface area contributed by atoms with Gasteiger partial charge in [0, 0.05) is 17.2 Å². The molecule has 0 radical (unpaired) electrons. The minimum absolute atomic E-state index is 0.156. The molecule has 0 saturated heterocycles. The molecule has 3 N–H and O–H groups in total. The van der Waals surface area contributed by atoms with Crippen molar-refractivity contribution in [1.82, 2.24) is 0 Å². The number of hydrogen-bond acceptors (Lipinski definition) is 5. The van der Waals surface area contributed by atoms with Gasteiger partial charge < -0.3 is 25.2 Å². The molecule has 29 heavy (non-hydrogen) atoms. The van der Waals surface area contributed by atoms with Crippen molar-refractivity contribution in [2.45, 2.75) is 33.8 Å². The molecule has 0 heterocycles. The molecule has 2 rings (SSSR count). The number of rotatable bonds is 7. The van der Waals surface area contributed by atoms with Crippen LogP contribution in [-0.4, -0.2) is 36.7 Å². The van der Waals surface area contributed by atoms with Gasteiger partial charge >= 0.3 is 0 Å². The van der Waals surface area contributed by atoms with E-state index in [9.17, 15) is 14.7 Å². The van der Waals surface area contributed by atoms with Crippen molar-refractivity contribution < 1.29 is 24.2 Å². The van der Waals surface area contributed by atoms with Gasteiger partial charge in [0.1, 0.15) is 18.1 Å². The Labute approximate surface area is 171 Å². The standard InChI is InChI=1S/C22H28N2O5/c1-14-8-6-7-9-18(14)29-13-17(25)20(26)23-15-10-11-16(19(12-15)28-5)24-21(27)22(2,3)4/h6-12,17,25H,13H2,1-5H3,(H,23,26)(H,24,27). The highest BCUT2D eigenvalue weighted by molar-refractivity contribution is 5.97. The molecule has 0 bridgehead atoms. The van der Waals surface area contributed by atoms with E-state index < -0.39 is 17.4 Å². The van der Waals surface area contributed by atoms with Crippen LogP contribution < -0.4 is 20.1 Å². The van der Waals surface area contributed by atoms with Crippen LogP contribution >= 0.6 is 0 Å². The van der Waals surface area contributed by atoms with E-state index in [0.29, 0.717) is 22.9 Å². The van der Waals surface area contributed by atoms with E-state index in [2.05, 4.69) is 10.6 Å². The quantitative estimate of drug-likeness (QED) is 0.662. The first-order chi connectivity index (χ1) is 13.6. The molecule has 0 spiro atoms. The fraction of sp³-hybridized carbons (Fsp3) is 0.364. The Bertz CT molecular complexity index is 874. The molecule has 0 aliphatic carbocycles. The van der Waals surface area contributed by atoms with E-state index in [-0.39, 0.29) is 12.5 Å². The molecule has 0 aliphatic rings. The second kappa shape index (κ2) is 9.43. The van der Waals surface area contributed by atoms with Crippen molar-refractivity contribution in [1.29, 1.82) is 0 Å². The third-order valence-corrected chi connectivity index (χ3v) is 4.19. The Balaban J connectivity index is 2.00. The number of nitrogens with one attached hydrogen (secondary N) is 2. The summed E-state index contributed by atoms with van der Waals surface area (Å²) in [7, 11) is 1.47. The summed E-state index contributed by atoms with van der Waals surface area (Å²) >= 11 is 0. The molecule has 2 aromatic carbocycles. The second-order valence-corrected chi connectivity index (χ2v) is 7.70. The number of para-hydroxylation sites is 1. The van der Waals surface area contributed by atoms with E-state index >= 15 is 0 Å². The summed E-state index contributed by atoms with van der Waals surface area (Å²) in [6.07, 6.45) is -1.35. The van der Waals surface area contributed by atoms with Crippen molar-refractivity contribution in [2.75, 3.05) is 24.4 Å². The summed E-state index contributed by atoms with van der Waals surface area (Å²) in [6.45, 7) is 7.14. The predicted molar refractivity (Wildman–Crippen MR) is 112 cm³/mol. The van der Waals surface area contributed by atoms with Crippen molar-refractivity contribution in [3.8, 4) is 11.5 Å². The lowest BCUT2D eigenvalue weighted by Crippen LogP contribution is -2.33. The smallest absolute Gasteiger partial charge is 0.256 e. The number of ether oxygens (including phenoxy) is 2. The number of aliphatic hydroxyl groups is 1. The molecule has 156 valence electrons. The van der Waals surface area contributed by atoms with Gasteiger partial charge in [0.15, 0.2) is 6.10 Å². The van der Waals surface area contributed by atoms with Gasteiger partial charge in [0.05, 0.1) is 12.8 Å². The molecule has 7 nitrogen and oxygen atoms in total. The van der Waals surface area contributed by atoms with Gasteiger partial charge in [0.2, 0.25) is 5.91 Å².